The van der Waals surface area contributed by atoms with Crippen LogP contribution in [0, 0.1) is 15.5 Å². The van der Waals surface area contributed by atoms with Crippen molar-refractivity contribution < 1.29 is 9.72 Å². The fraction of sp³-hybridized carbons (Fsp3) is 0.600. The van der Waals surface area contributed by atoms with Crippen molar-refractivity contribution in [3.8, 4) is 0 Å². The number of aromatic nitrogens is 1. The Bertz CT molecular complexity index is 590. The maximum atomic E-state index is 12.6. The standard InChI is InChI=1S/C15H22N4O3/c1-3-15(2)5-4-7-18(8-6-15)14(20)12-9-11(19(21)22)10-17-13(12)16/h9-10H,3-8H2,1-2H3,(H2,16,17). The molecular weight excluding hydrogens is 284 g/mol. The van der Waals surface area contributed by atoms with Crippen molar-refractivity contribution in [2.75, 3.05) is 18.8 Å². The molecule has 120 valence electrons. The summed E-state index contributed by atoms with van der Waals surface area (Å²) in [6, 6.07) is 1.22. The van der Waals surface area contributed by atoms with E-state index in [0.717, 1.165) is 31.9 Å². The average molecular weight is 306 g/mol. The van der Waals surface area contributed by atoms with Gasteiger partial charge in [0.25, 0.3) is 11.6 Å². The summed E-state index contributed by atoms with van der Waals surface area (Å²) in [5.74, 6) is -0.229. The lowest BCUT2D eigenvalue weighted by molar-refractivity contribution is -0.385. The molecule has 2 heterocycles. The number of pyridine rings is 1. The van der Waals surface area contributed by atoms with Gasteiger partial charge in [0.1, 0.15) is 12.0 Å². The smallest absolute Gasteiger partial charge is 0.288 e. The zero-order valence-electron chi connectivity index (χ0n) is 13.0. The second kappa shape index (κ2) is 6.29. The van der Waals surface area contributed by atoms with Crippen LogP contribution in [0.25, 0.3) is 0 Å². The molecule has 1 amide bonds. The van der Waals surface area contributed by atoms with Gasteiger partial charge < -0.3 is 10.6 Å². The van der Waals surface area contributed by atoms with Crippen LogP contribution < -0.4 is 5.73 Å². The minimum absolute atomic E-state index is 0.0399. The van der Waals surface area contributed by atoms with E-state index in [1.807, 2.05) is 0 Å². The molecule has 0 spiro atoms. The molecule has 1 fully saturated rings. The van der Waals surface area contributed by atoms with E-state index in [-0.39, 0.29) is 28.4 Å². The maximum absolute atomic E-state index is 12.6. The summed E-state index contributed by atoms with van der Waals surface area (Å²) in [6.45, 7) is 5.70. The zero-order chi connectivity index (χ0) is 16.3. The van der Waals surface area contributed by atoms with E-state index >= 15 is 0 Å². The van der Waals surface area contributed by atoms with Gasteiger partial charge in [0.15, 0.2) is 0 Å². The number of carbonyl (C=O) groups is 1. The summed E-state index contributed by atoms with van der Waals surface area (Å²) in [5.41, 5.74) is 5.89. The van der Waals surface area contributed by atoms with Gasteiger partial charge >= 0.3 is 0 Å². The molecule has 1 atom stereocenters. The lowest BCUT2D eigenvalue weighted by Gasteiger charge is -2.26. The topological polar surface area (TPSA) is 102 Å². The highest BCUT2D eigenvalue weighted by Crippen LogP contribution is 2.34. The highest BCUT2D eigenvalue weighted by atomic mass is 16.6. The number of hydrogen-bond acceptors (Lipinski definition) is 5. The summed E-state index contributed by atoms with van der Waals surface area (Å²) < 4.78 is 0. The molecule has 1 aliphatic rings. The molecule has 0 saturated carbocycles. The fourth-order valence-corrected chi connectivity index (χ4v) is 2.80. The van der Waals surface area contributed by atoms with Crippen LogP contribution in [0.2, 0.25) is 0 Å². The van der Waals surface area contributed by atoms with E-state index in [2.05, 4.69) is 18.8 Å². The molecule has 1 saturated heterocycles. The second-order valence-corrected chi connectivity index (χ2v) is 6.19. The number of amides is 1. The molecule has 0 radical (unpaired) electrons. The third-order valence-electron chi connectivity index (χ3n) is 4.68. The van der Waals surface area contributed by atoms with E-state index in [4.69, 9.17) is 5.73 Å². The molecule has 1 aliphatic heterocycles. The summed E-state index contributed by atoms with van der Waals surface area (Å²) in [5, 5.41) is 10.8. The number of anilines is 1. The van der Waals surface area contributed by atoms with Crippen LogP contribution in [0.1, 0.15) is 49.9 Å². The zero-order valence-corrected chi connectivity index (χ0v) is 13.0. The fourth-order valence-electron chi connectivity index (χ4n) is 2.80. The van der Waals surface area contributed by atoms with Crippen LogP contribution in [-0.4, -0.2) is 33.8 Å². The summed E-state index contributed by atoms with van der Waals surface area (Å²) in [4.78, 5) is 28.4. The molecule has 2 rings (SSSR count). The lowest BCUT2D eigenvalue weighted by Crippen LogP contribution is -2.33. The molecule has 2 N–H and O–H groups in total. The van der Waals surface area contributed by atoms with Crippen LogP contribution >= 0.6 is 0 Å². The number of nitrogens with zero attached hydrogens (tertiary/aromatic N) is 3. The highest BCUT2D eigenvalue weighted by molar-refractivity contribution is 5.98. The van der Waals surface area contributed by atoms with Crippen molar-refractivity contribution in [1.29, 1.82) is 0 Å². The molecule has 22 heavy (non-hydrogen) atoms. The van der Waals surface area contributed by atoms with Crippen molar-refractivity contribution in [1.82, 2.24) is 9.88 Å². The minimum Gasteiger partial charge on any atom is -0.383 e. The van der Waals surface area contributed by atoms with E-state index in [9.17, 15) is 14.9 Å². The van der Waals surface area contributed by atoms with Crippen LogP contribution in [0.3, 0.4) is 0 Å². The Labute approximate surface area is 129 Å². The summed E-state index contributed by atoms with van der Waals surface area (Å²) in [6.07, 6.45) is 5.09. The van der Waals surface area contributed by atoms with Gasteiger partial charge in [0.2, 0.25) is 0 Å². The van der Waals surface area contributed by atoms with Crippen LogP contribution in [0.15, 0.2) is 12.3 Å². The number of nitrogen functional groups attached to an aromatic ring is 1. The lowest BCUT2D eigenvalue weighted by atomic mass is 9.80. The van der Waals surface area contributed by atoms with E-state index in [1.54, 1.807) is 4.90 Å². The Morgan fingerprint density at radius 1 is 1.50 bits per heavy atom. The molecule has 7 heteroatoms. The molecule has 7 nitrogen and oxygen atoms in total. The first-order valence-corrected chi connectivity index (χ1v) is 7.55. The van der Waals surface area contributed by atoms with Gasteiger partial charge in [-0.05, 0) is 24.7 Å². The molecule has 0 aliphatic carbocycles. The number of nitro groups is 1. The van der Waals surface area contributed by atoms with Crippen molar-refractivity contribution in [2.24, 2.45) is 5.41 Å². The Hall–Kier alpha value is -2.18. The molecular formula is C15H22N4O3. The molecule has 0 bridgehead atoms. The largest absolute Gasteiger partial charge is 0.383 e. The highest BCUT2D eigenvalue weighted by Gasteiger charge is 2.29. The minimum atomic E-state index is -0.570. The molecule has 1 aromatic rings. The first-order chi connectivity index (χ1) is 10.4. The predicted molar refractivity (Wildman–Crippen MR) is 83.5 cm³/mol. The Kier molecular flexibility index (Phi) is 4.63. The maximum Gasteiger partial charge on any atom is 0.288 e. The molecule has 1 unspecified atom stereocenters. The third kappa shape index (κ3) is 3.35. The number of nitrogens with two attached hydrogens (primary N) is 1. The van der Waals surface area contributed by atoms with Crippen LogP contribution in [0.4, 0.5) is 11.5 Å². The van der Waals surface area contributed by atoms with E-state index in [0.29, 0.717) is 13.1 Å². The van der Waals surface area contributed by atoms with Crippen molar-refractivity contribution in [2.45, 2.75) is 39.5 Å². The first-order valence-electron chi connectivity index (χ1n) is 7.55. The second-order valence-electron chi connectivity index (χ2n) is 6.19. The van der Waals surface area contributed by atoms with Gasteiger partial charge in [-0.15, -0.1) is 0 Å². The first kappa shape index (κ1) is 16.2. The number of hydrogen-bond donors (Lipinski definition) is 1. The monoisotopic (exact) mass is 306 g/mol. The SMILES string of the molecule is CCC1(C)CCCN(C(=O)c2cc([N+](=O)[O-])cnc2N)CC1. The molecule has 0 aromatic carbocycles. The van der Waals surface area contributed by atoms with Crippen molar-refractivity contribution in [3.63, 3.8) is 0 Å². The van der Waals surface area contributed by atoms with Gasteiger partial charge in [0, 0.05) is 19.2 Å². The van der Waals surface area contributed by atoms with Crippen LogP contribution in [-0.2, 0) is 0 Å². The Morgan fingerprint density at radius 2 is 2.23 bits per heavy atom. The van der Waals surface area contributed by atoms with Crippen molar-refractivity contribution >= 4 is 17.4 Å². The Morgan fingerprint density at radius 3 is 2.86 bits per heavy atom. The average Bonchev–Trinajstić information content (AvgIpc) is 2.69. The number of likely N-dealkylation sites (tertiary alicyclic amines) is 1. The van der Waals surface area contributed by atoms with Gasteiger partial charge in [-0.1, -0.05) is 20.3 Å². The predicted octanol–water partition coefficient (Wildman–Crippen LogP) is 2.61. The number of carbonyl (C=O) groups excluding carboxylic acids is 1. The Balaban J connectivity index is 2.21. The van der Waals surface area contributed by atoms with E-state index < -0.39 is 4.92 Å². The third-order valence-corrected chi connectivity index (χ3v) is 4.68. The summed E-state index contributed by atoms with van der Waals surface area (Å²) >= 11 is 0. The quantitative estimate of drug-likeness (QED) is 0.683. The van der Waals surface area contributed by atoms with Gasteiger partial charge in [-0.3, -0.25) is 14.9 Å². The number of rotatable bonds is 3. The van der Waals surface area contributed by atoms with Crippen molar-refractivity contribution in [3.05, 3.63) is 27.9 Å². The van der Waals surface area contributed by atoms with E-state index in [1.165, 1.54) is 6.07 Å². The van der Waals surface area contributed by atoms with Crippen LogP contribution in [0.5, 0.6) is 0 Å². The van der Waals surface area contributed by atoms with Gasteiger partial charge in [-0.2, -0.15) is 0 Å². The summed E-state index contributed by atoms with van der Waals surface area (Å²) in [7, 11) is 0. The molecule has 1 aromatic heterocycles. The van der Waals surface area contributed by atoms with Gasteiger partial charge in [-0.25, -0.2) is 4.98 Å². The van der Waals surface area contributed by atoms with Gasteiger partial charge in [0.05, 0.1) is 10.5 Å². The normalized spacial score (nSPS) is 22.2.